The first-order chi connectivity index (χ1) is 11.4. The summed E-state index contributed by atoms with van der Waals surface area (Å²) in [6.07, 6.45) is 1.68. The van der Waals surface area contributed by atoms with Crippen molar-refractivity contribution >= 4 is 11.3 Å². The standard InChI is InChI=1S/C20H20FNO2/c1-11-10-20(2,3)22-15-7-6-13-14-9-12(21)5-8-16(14)24-19(23-4)18(13)17(11)15/h5-10,19,22H,1-4H3/t19-/m1/s1. The smallest absolute Gasteiger partial charge is 0.227 e. The van der Waals surface area contributed by atoms with E-state index in [9.17, 15) is 4.39 Å². The first-order valence-corrected chi connectivity index (χ1v) is 8.04. The molecule has 0 unspecified atom stereocenters. The highest BCUT2D eigenvalue weighted by Crippen LogP contribution is 2.49. The van der Waals surface area contributed by atoms with E-state index in [1.165, 1.54) is 12.1 Å². The van der Waals surface area contributed by atoms with E-state index in [-0.39, 0.29) is 11.4 Å². The SMILES string of the molecule is CO[C@@H]1Oc2ccc(F)cc2-c2ccc3c(c21)C(C)=CC(C)(C)N3. The summed E-state index contributed by atoms with van der Waals surface area (Å²) in [4.78, 5) is 0. The molecule has 0 saturated heterocycles. The Hall–Kier alpha value is -2.33. The number of anilines is 1. The molecule has 0 bridgehead atoms. The monoisotopic (exact) mass is 325 g/mol. The van der Waals surface area contributed by atoms with E-state index < -0.39 is 6.29 Å². The van der Waals surface area contributed by atoms with Gasteiger partial charge in [-0.3, -0.25) is 0 Å². The lowest BCUT2D eigenvalue weighted by atomic mass is 9.84. The zero-order valence-corrected chi connectivity index (χ0v) is 14.2. The third-order valence-electron chi connectivity index (χ3n) is 4.59. The fourth-order valence-electron chi connectivity index (χ4n) is 3.78. The highest BCUT2D eigenvalue weighted by atomic mass is 19.1. The molecule has 2 aliphatic rings. The molecular weight excluding hydrogens is 305 g/mol. The average Bonchev–Trinajstić information content (AvgIpc) is 2.52. The van der Waals surface area contributed by atoms with Crippen LogP contribution >= 0.6 is 0 Å². The topological polar surface area (TPSA) is 30.5 Å². The Morgan fingerprint density at radius 3 is 2.71 bits per heavy atom. The number of fused-ring (bicyclic) bond motifs is 5. The highest BCUT2D eigenvalue weighted by Gasteiger charge is 2.33. The van der Waals surface area contributed by atoms with Gasteiger partial charge in [-0.1, -0.05) is 12.1 Å². The number of benzene rings is 2. The largest absolute Gasteiger partial charge is 0.460 e. The second kappa shape index (κ2) is 5.08. The van der Waals surface area contributed by atoms with Gasteiger partial charge in [0.05, 0.1) is 5.54 Å². The fraction of sp³-hybridized carbons (Fsp3) is 0.300. The van der Waals surface area contributed by atoms with Crippen LogP contribution in [0.25, 0.3) is 16.7 Å². The second-order valence-electron chi connectivity index (χ2n) is 6.95. The first kappa shape index (κ1) is 15.2. The van der Waals surface area contributed by atoms with Crippen LogP contribution in [-0.2, 0) is 4.74 Å². The van der Waals surface area contributed by atoms with Crippen molar-refractivity contribution < 1.29 is 13.9 Å². The maximum Gasteiger partial charge on any atom is 0.227 e. The molecule has 0 aromatic heterocycles. The minimum atomic E-state index is -0.515. The van der Waals surface area contributed by atoms with Crippen LogP contribution in [0.1, 0.15) is 38.2 Å². The van der Waals surface area contributed by atoms with Crippen LogP contribution in [0.5, 0.6) is 5.75 Å². The van der Waals surface area contributed by atoms with Gasteiger partial charge in [-0.05, 0) is 56.2 Å². The third kappa shape index (κ3) is 2.21. The lowest BCUT2D eigenvalue weighted by molar-refractivity contribution is -0.0580. The van der Waals surface area contributed by atoms with Crippen LogP contribution in [0.2, 0.25) is 0 Å². The molecule has 0 radical (unpaired) electrons. The van der Waals surface area contributed by atoms with Crippen molar-refractivity contribution in [2.24, 2.45) is 0 Å². The number of hydrogen-bond donors (Lipinski definition) is 1. The van der Waals surface area contributed by atoms with Gasteiger partial charge in [-0.15, -0.1) is 0 Å². The number of nitrogens with one attached hydrogen (secondary N) is 1. The minimum Gasteiger partial charge on any atom is -0.460 e. The van der Waals surface area contributed by atoms with Gasteiger partial charge in [0.2, 0.25) is 6.29 Å². The maximum atomic E-state index is 13.8. The minimum absolute atomic E-state index is 0.118. The molecular formula is C20H20FNO2. The Morgan fingerprint density at radius 1 is 1.17 bits per heavy atom. The van der Waals surface area contributed by atoms with Crippen LogP contribution in [0.4, 0.5) is 10.1 Å². The first-order valence-electron chi connectivity index (χ1n) is 8.04. The van der Waals surface area contributed by atoms with E-state index in [0.29, 0.717) is 5.75 Å². The van der Waals surface area contributed by atoms with Crippen molar-refractivity contribution in [3.05, 3.63) is 53.4 Å². The molecule has 2 aromatic rings. The van der Waals surface area contributed by atoms with E-state index in [2.05, 4.69) is 38.2 Å². The summed E-state index contributed by atoms with van der Waals surface area (Å²) >= 11 is 0. The summed E-state index contributed by atoms with van der Waals surface area (Å²) in [5.41, 5.74) is 5.83. The summed E-state index contributed by atoms with van der Waals surface area (Å²) < 4.78 is 25.4. The number of ether oxygens (including phenoxy) is 2. The van der Waals surface area contributed by atoms with Gasteiger partial charge in [-0.25, -0.2) is 4.39 Å². The van der Waals surface area contributed by atoms with Gasteiger partial charge in [0.15, 0.2) is 0 Å². The Morgan fingerprint density at radius 2 is 1.96 bits per heavy atom. The molecule has 2 aliphatic heterocycles. The number of halogens is 1. The third-order valence-corrected chi connectivity index (χ3v) is 4.59. The van der Waals surface area contributed by atoms with Gasteiger partial charge in [0.25, 0.3) is 0 Å². The Kier molecular flexibility index (Phi) is 3.22. The number of methoxy groups -OCH3 is 1. The number of hydrogen-bond acceptors (Lipinski definition) is 3. The quantitative estimate of drug-likeness (QED) is 0.788. The van der Waals surface area contributed by atoms with Crippen LogP contribution in [-0.4, -0.2) is 12.6 Å². The molecule has 4 heteroatoms. The average molecular weight is 325 g/mol. The summed E-state index contributed by atoms with van der Waals surface area (Å²) in [7, 11) is 1.63. The maximum absolute atomic E-state index is 13.8. The molecule has 3 nitrogen and oxygen atoms in total. The highest BCUT2D eigenvalue weighted by molar-refractivity contribution is 5.89. The van der Waals surface area contributed by atoms with Crippen molar-refractivity contribution in [1.82, 2.24) is 0 Å². The van der Waals surface area contributed by atoms with Gasteiger partial charge < -0.3 is 14.8 Å². The molecule has 0 fully saturated rings. The molecule has 0 saturated carbocycles. The number of allylic oxidation sites excluding steroid dienone is 1. The molecule has 2 heterocycles. The molecule has 124 valence electrons. The van der Waals surface area contributed by atoms with Crippen molar-refractivity contribution in [2.45, 2.75) is 32.6 Å². The second-order valence-corrected chi connectivity index (χ2v) is 6.95. The van der Waals surface area contributed by atoms with Crippen molar-refractivity contribution in [1.29, 1.82) is 0 Å². The van der Waals surface area contributed by atoms with E-state index in [1.54, 1.807) is 13.2 Å². The normalized spacial score (nSPS) is 20.0. The van der Waals surface area contributed by atoms with Gasteiger partial charge in [0, 0.05) is 29.5 Å². The van der Waals surface area contributed by atoms with Gasteiger partial charge in [0.1, 0.15) is 11.6 Å². The van der Waals surface area contributed by atoms with Crippen LogP contribution < -0.4 is 10.1 Å². The summed E-state index contributed by atoms with van der Waals surface area (Å²) in [6, 6.07) is 8.65. The van der Waals surface area contributed by atoms with Crippen molar-refractivity contribution in [3.63, 3.8) is 0 Å². The lowest BCUT2D eigenvalue weighted by Crippen LogP contribution is -2.32. The number of rotatable bonds is 1. The molecule has 2 aromatic carbocycles. The molecule has 0 spiro atoms. The zero-order chi connectivity index (χ0) is 17.1. The summed E-state index contributed by atoms with van der Waals surface area (Å²) in [5, 5.41) is 3.54. The van der Waals surface area contributed by atoms with Gasteiger partial charge in [-0.2, -0.15) is 0 Å². The molecule has 0 aliphatic carbocycles. The zero-order valence-electron chi connectivity index (χ0n) is 14.2. The van der Waals surface area contributed by atoms with Gasteiger partial charge >= 0.3 is 0 Å². The Labute approximate surface area is 141 Å². The molecule has 4 rings (SSSR count). The summed E-state index contributed by atoms with van der Waals surface area (Å²) in [6.45, 7) is 6.36. The lowest BCUT2D eigenvalue weighted by Gasteiger charge is -2.36. The van der Waals surface area contributed by atoms with E-state index in [4.69, 9.17) is 9.47 Å². The van der Waals surface area contributed by atoms with Crippen molar-refractivity contribution in [3.8, 4) is 16.9 Å². The van der Waals surface area contributed by atoms with Crippen molar-refractivity contribution in [2.75, 3.05) is 12.4 Å². The predicted octanol–water partition coefficient (Wildman–Crippen LogP) is 5.14. The van der Waals surface area contributed by atoms with E-state index >= 15 is 0 Å². The summed E-state index contributed by atoms with van der Waals surface area (Å²) in [5.74, 6) is 0.366. The Balaban J connectivity index is 2.01. The molecule has 1 N–H and O–H groups in total. The van der Waals surface area contributed by atoms with Crippen LogP contribution in [0, 0.1) is 5.82 Å². The van der Waals surface area contributed by atoms with Crippen LogP contribution in [0.15, 0.2) is 36.4 Å². The molecule has 24 heavy (non-hydrogen) atoms. The predicted molar refractivity (Wildman–Crippen MR) is 93.6 cm³/mol. The Bertz CT molecular complexity index is 870. The van der Waals surface area contributed by atoms with E-state index in [0.717, 1.165) is 33.5 Å². The fourth-order valence-corrected chi connectivity index (χ4v) is 3.78. The van der Waals surface area contributed by atoms with E-state index in [1.807, 2.05) is 6.07 Å². The molecule has 1 atom stereocenters. The molecule has 0 amide bonds. The van der Waals surface area contributed by atoms with Crippen LogP contribution in [0.3, 0.4) is 0 Å².